The molecule has 0 bridgehead atoms. The summed E-state index contributed by atoms with van der Waals surface area (Å²) in [6, 6.07) is 23.1. The molecule has 0 saturated carbocycles. The maximum atomic E-state index is 14.5. The number of carbonyl (C=O) groups is 1. The van der Waals surface area contributed by atoms with Crippen LogP contribution in [0.25, 0.3) is 22.6 Å². The Morgan fingerprint density at radius 3 is 2.43 bits per heavy atom. The predicted molar refractivity (Wildman–Crippen MR) is 135 cm³/mol. The van der Waals surface area contributed by atoms with Gasteiger partial charge in [0.05, 0.1) is 11.3 Å². The molecule has 0 saturated heterocycles. The summed E-state index contributed by atoms with van der Waals surface area (Å²) in [4.78, 5) is 14.8. The predicted octanol–water partition coefficient (Wildman–Crippen LogP) is 5.19. The lowest BCUT2D eigenvalue weighted by Gasteiger charge is -2.26. The zero-order valence-corrected chi connectivity index (χ0v) is 19.7. The van der Waals surface area contributed by atoms with Crippen LogP contribution < -0.4 is 0 Å². The largest absolute Gasteiger partial charge is 0.508 e. The normalized spacial score (nSPS) is 13.5. The Kier molecular flexibility index (Phi) is 6.63. The van der Waals surface area contributed by atoms with Crippen LogP contribution in [0.5, 0.6) is 5.75 Å². The molecular weight excluding hydrogens is 463 g/mol. The van der Waals surface area contributed by atoms with Crippen LogP contribution >= 0.6 is 11.8 Å². The van der Waals surface area contributed by atoms with E-state index in [9.17, 15) is 14.3 Å². The van der Waals surface area contributed by atoms with Crippen molar-refractivity contribution in [2.75, 3.05) is 18.8 Å². The molecule has 0 unspecified atom stereocenters. The van der Waals surface area contributed by atoms with Gasteiger partial charge in [0.2, 0.25) is 5.91 Å². The Hall–Kier alpha value is -3.91. The number of amides is 1. The molecule has 6 nitrogen and oxygen atoms in total. The maximum absolute atomic E-state index is 14.5. The first-order chi connectivity index (χ1) is 17.1. The molecule has 8 heteroatoms. The molecule has 1 N–H and O–H groups in total. The number of nitrogens with zero attached hydrogens (tertiary/aromatic N) is 4. The van der Waals surface area contributed by atoms with Crippen LogP contribution in [0.3, 0.4) is 0 Å². The third-order valence-corrected chi connectivity index (χ3v) is 6.80. The second-order valence-corrected chi connectivity index (χ2v) is 9.05. The number of aromatic hydroxyl groups is 1. The quantitative estimate of drug-likeness (QED) is 0.380. The molecule has 35 heavy (non-hydrogen) atoms. The van der Waals surface area contributed by atoms with Crippen molar-refractivity contribution in [3.05, 3.63) is 96.3 Å². The van der Waals surface area contributed by atoms with Crippen molar-refractivity contribution >= 4 is 23.2 Å². The van der Waals surface area contributed by atoms with Gasteiger partial charge >= 0.3 is 0 Å². The van der Waals surface area contributed by atoms with E-state index in [-0.39, 0.29) is 23.2 Å². The highest BCUT2D eigenvalue weighted by molar-refractivity contribution is 7.99. The van der Waals surface area contributed by atoms with Gasteiger partial charge in [0.25, 0.3) is 0 Å². The number of halogens is 1. The van der Waals surface area contributed by atoms with E-state index in [2.05, 4.69) is 16.3 Å². The Morgan fingerprint density at radius 2 is 1.71 bits per heavy atom. The van der Waals surface area contributed by atoms with E-state index in [0.717, 1.165) is 17.7 Å². The monoisotopic (exact) mass is 486 g/mol. The number of thioether (sulfide) groups is 1. The van der Waals surface area contributed by atoms with Crippen LogP contribution in [0.15, 0.2) is 90.1 Å². The minimum Gasteiger partial charge on any atom is -0.508 e. The van der Waals surface area contributed by atoms with E-state index < -0.39 is 0 Å². The molecule has 1 amide bonds. The van der Waals surface area contributed by atoms with Gasteiger partial charge in [-0.25, -0.2) is 4.39 Å². The summed E-state index contributed by atoms with van der Waals surface area (Å²) >= 11 is 1.29. The van der Waals surface area contributed by atoms with Crippen molar-refractivity contribution in [3.63, 3.8) is 0 Å². The fourth-order valence-electron chi connectivity index (χ4n) is 4.04. The highest BCUT2D eigenvalue weighted by Crippen LogP contribution is 2.30. The summed E-state index contributed by atoms with van der Waals surface area (Å²) in [5.41, 5.74) is 3.37. The van der Waals surface area contributed by atoms with Crippen LogP contribution in [-0.2, 0) is 4.79 Å². The van der Waals surface area contributed by atoms with Crippen LogP contribution in [0.2, 0.25) is 0 Å². The van der Waals surface area contributed by atoms with Gasteiger partial charge in [0.1, 0.15) is 11.6 Å². The number of aromatic nitrogens is 3. The molecule has 1 aromatic heterocycles. The van der Waals surface area contributed by atoms with Gasteiger partial charge in [-0.05, 0) is 54.0 Å². The van der Waals surface area contributed by atoms with Gasteiger partial charge in [0.15, 0.2) is 11.0 Å². The molecule has 1 aliphatic rings. The van der Waals surface area contributed by atoms with Crippen LogP contribution in [0.4, 0.5) is 4.39 Å². The minimum atomic E-state index is -0.380. The number of phenolic OH excluding ortho intramolecular Hbond substituents is 1. The molecule has 4 aromatic rings. The third-order valence-electron chi connectivity index (χ3n) is 5.89. The lowest BCUT2D eigenvalue weighted by Crippen LogP contribution is -2.35. The number of carbonyl (C=O) groups excluding carboxylic acids is 1. The van der Waals surface area contributed by atoms with E-state index in [0.29, 0.717) is 29.6 Å². The van der Waals surface area contributed by atoms with Crippen molar-refractivity contribution in [2.45, 2.75) is 11.6 Å². The lowest BCUT2D eigenvalue weighted by atomic mass is 9.99. The van der Waals surface area contributed by atoms with Crippen LogP contribution in [-0.4, -0.2) is 49.5 Å². The van der Waals surface area contributed by atoms with Gasteiger partial charge < -0.3 is 10.0 Å². The Morgan fingerprint density at radius 1 is 0.971 bits per heavy atom. The first-order valence-electron chi connectivity index (χ1n) is 11.2. The molecule has 0 spiro atoms. The van der Waals surface area contributed by atoms with Crippen molar-refractivity contribution in [1.29, 1.82) is 0 Å². The molecule has 0 atom stereocenters. The second-order valence-electron chi connectivity index (χ2n) is 8.11. The van der Waals surface area contributed by atoms with Gasteiger partial charge in [-0.1, -0.05) is 60.3 Å². The van der Waals surface area contributed by atoms with Crippen molar-refractivity contribution in [2.24, 2.45) is 0 Å². The number of rotatable bonds is 6. The summed E-state index contributed by atoms with van der Waals surface area (Å²) in [6.45, 7) is 1.15. The minimum absolute atomic E-state index is 0.00561. The molecule has 0 fully saturated rings. The summed E-state index contributed by atoms with van der Waals surface area (Å²) in [5.74, 6) is 0.453. The van der Waals surface area contributed by atoms with Crippen LogP contribution in [0.1, 0.15) is 12.0 Å². The molecule has 0 radical (unpaired) electrons. The molecule has 5 rings (SSSR count). The molecule has 2 heterocycles. The Bertz CT molecular complexity index is 1370. The van der Waals surface area contributed by atoms with Gasteiger partial charge in [-0.2, -0.15) is 0 Å². The fourth-order valence-corrected chi connectivity index (χ4v) is 4.90. The van der Waals surface area contributed by atoms with Gasteiger partial charge in [-0.3, -0.25) is 9.36 Å². The molecule has 3 aromatic carbocycles. The van der Waals surface area contributed by atoms with Gasteiger partial charge in [0, 0.05) is 18.8 Å². The zero-order valence-electron chi connectivity index (χ0n) is 18.8. The smallest absolute Gasteiger partial charge is 0.233 e. The number of para-hydroxylation sites is 1. The average Bonchev–Trinajstić information content (AvgIpc) is 3.32. The Labute approximate surface area is 206 Å². The molecular formula is C27H23FN4O2S. The van der Waals surface area contributed by atoms with E-state index >= 15 is 0 Å². The zero-order chi connectivity index (χ0) is 24.2. The number of phenols is 1. The number of hydrogen-bond donors (Lipinski definition) is 1. The van der Waals surface area contributed by atoms with Crippen molar-refractivity contribution in [3.8, 4) is 22.8 Å². The van der Waals surface area contributed by atoms with Gasteiger partial charge in [-0.15, -0.1) is 10.2 Å². The van der Waals surface area contributed by atoms with Crippen molar-refractivity contribution in [1.82, 2.24) is 19.7 Å². The summed E-state index contributed by atoms with van der Waals surface area (Å²) < 4.78 is 16.3. The standard InChI is InChI=1S/C27H23FN4O2S/c28-24-9-5-4-8-23(24)26-29-30-27(32(26)21-6-2-1-3-7-21)35-18-25(34)31-16-14-20(15-17-31)19-10-12-22(33)13-11-19/h1-14,33H,15-18H2. The first-order valence-corrected chi connectivity index (χ1v) is 12.2. The summed E-state index contributed by atoms with van der Waals surface area (Å²) in [6.07, 6.45) is 2.81. The maximum Gasteiger partial charge on any atom is 0.233 e. The van der Waals surface area contributed by atoms with E-state index in [4.69, 9.17) is 0 Å². The topological polar surface area (TPSA) is 71.2 Å². The SMILES string of the molecule is O=C(CSc1nnc(-c2ccccc2F)n1-c1ccccc1)N1CC=C(c2ccc(O)cc2)CC1. The molecule has 1 aliphatic heterocycles. The average molecular weight is 487 g/mol. The van der Waals surface area contributed by atoms with E-state index in [1.165, 1.54) is 23.4 Å². The highest BCUT2D eigenvalue weighted by Gasteiger charge is 2.22. The second kappa shape index (κ2) is 10.1. The molecule has 0 aliphatic carbocycles. The van der Waals surface area contributed by atoms with Crippen LogP contribution in [0, 0.1) is 5.82 Å². The fraction of sp³-hybridized carbons (Fsp3) is 0.148. The number of benzene rings is 3. The lowest BCUT2D eigenvalue weighted by molar-refractivity contribution is -0.127. The summed E-state index contributed by atoms with van der Waals surface area (Å²) in [5, 5.41) is 18.6. The Balaban J connectivity index is 1.32. The van der Waals surface area contributed by atoms with E-state index in [1.54, 1.807) is 34.9 Å². The first kappa shape index (κ1) is 22.9. The van der Waals surface area contributed by atoms with E-state index in [1.807, 2.05) is 47.4 Å². The summed E-state index contributed by atoms with van der Waals surface area (Å²) in [7, 11) is 0. The highest BCUT2D eigenvalue weighted by atomic mass is 32.2. The number of hydrogen-bond acceptors (Lipinski definition) is 5. The molecule has 176 valence electrons. The van der Waals surface area contributed by atoms with Crippen molar-refractivity contribution < 1.29 is 14.3 Å². The third kappa shape index (κ3) is 4.97.